The van der Waals surface area contributed by atoms with E-state index in [9.17, 15) is 5.11 Å². The van der Waals surface area contributed by atoms with Gasteiger partial charge in [0.2, 0.25) is 0 Å². The first-order valence-electron chi connectivity index (χ1n) is 5.89. The first-order valence-corrected chi connectivity index (χ1v) is 6.69. The average molecular weight is 306 g/mol. The first-order chi connectivity index (χ1) is 8.69. The molecular weight excluding hydrogens is 290 g/mol. The Morgan fingerprint density at radius 2 is 1.89 bits per heavy atom. The fraction of sp³-hybridized carbons (Fsp3) is 0.200. The molecule has 2 N–H and O–H groups in total. The van der Waals surface area contributed by atoms with Gasteiger partial charge in [0.05, 0.1) is 0 Å². The quantitative estimate of drug-likeness (QED) is 0.903. The van der Waals surface area contributed by atoms with Crippen LogP contribution in [0.5, 0.6) is 5.75 Å². The molecule has 2 rings (SSSR count). The number of aromatic hydroxyl groups is 1. The van der Waals surface area contributed by atoms with Crippen molar-refractivity contribution in [1.29, 1.82) is 0 Å². The van der Waals surface area contributed by atoms with Crippen molar-refractivity contribution in [2.75, 3.05) is 7.05 Å². The SMILES string of the molecule is CNC(Cc1cccc(O)c1)c1ccc(Br)cc1. The van der Waals surface area contributed by atoms with Crippen molar-refractivity contribution < 1.29 is 5.11 Å². The summed E-state index contributed by atoms with van der Waals surface area (Å²) < 4.78 is 1.08. The Hall–Kier alpha value is -1.32. The van der Waals surface area contributed by atoms with E-state index in [0.717, 1.165) is 16.5 Å². The van der Waals surface area contributed by atoms with Gasteiger partial charge in [-0.25, -0.2) is 0 Å². The minimum Gasteiger partial charge on any atom is -0.508 e. The lowest BCUT2D eigenvalue weighted by Gasteiger charge is -2.17. The van der Waals surface area contributed by atoms with Crippen molar-refractivity contribution >= 4 is 15.9 Å². The molecule has 0 heterocycles. The fourth-order valence-corrected chi connectivity index (χ4v) is 2.27. The van der Waals surface area contributed by atoms with Crippen molar-refractivity contribution in [3.8, 4) is 5.75 Å². The van der Waals surface area contributed by atoms with Gasteiger partial charge < -0.3 is 10.4 Å². The van der Waals surface area contributed by atoms with Crippen LogP contribution in [0.2, 0.25) is 0 Å². The van der Waals surface area contributed by atoms with Crippen molar-refractivity contribution in [2.24, 2.45) is 0 Å². The molecule has 0 saturated carbocycles. The summed E-state index contributed by atoms with van der Waals surface area (Å²) in [5, 5.41) is 12.8. The normalized spacial score (nSPS) is 12.3. The van der Waals surface area contributed by atoms with Gasteiger partial charge in [-0.3, -0.25) is 0 Å². The summed E-state index contributed by atoms with van der Waals surface area (Å²) in [5.41, 5.74) is 2.36. The van der Waals surface area contributed by atoms with E-state index in [1.165, 1.54) is 5.56 Å². The maximum atomic E-state index is 9.48. The van der Waals surface area contributed by atoms with E-state index in [1.807, 2.05) is 37.4 Å². The van der Waals surface area contributed by atoms with Crippen LogP contribution in [-0.2, 0) is 6.42 Å². The molecule has 0 spiro atoms. The third-order valence-electron chi connectivity index (χ3n) is 2.97. The number of nitrogens with one attached hydrogen (secondary N) is 1. The van der Waals surface area contributed by atoms with Crippen LogP contribution < -0.4 is 5.32 Å². The molecule has 94 valence electrons. The molecule has 0 radical (unpaired) electrons. The molecule has 0 aliphatic rings. The second-order valence-electron chi connectivity index (χ2n) is 4.27. The maximum absolute atomic E-state index is 9.48. The summed E-state index contributed by atoms with van der Waals surface area (Å²) in [5.74, 6) is 0.318. The van der Waals surface area contributed by atoms with Crippen molar-refractivity contribution in [2.45, 2.75) is 12.5 Å². The number of phenolic OH excluding ortho intramolecular Hbond substituents is 1. The largest absolute Gasteiger partial charge is 0.508 e. The molecule has 2 aromatic carbocycles. The molecule has 0 aliphatic carbocycles. The van der Waals surface area contributed by atoms with Gasteiger partial charge in [0, 0.05) is 10.5 Å². The van der Waals surface area contributed by atoms with Crippen LogP contribution in [0.4, 0.5) is 0 Å². The van der Waals surface area contributed by atoms with E-state index in [-0.39, 0.29) is 6.04 Å². The van der Waals surface area contributed by atoms with Crippen molar-refractivity contribution in [3.05, 3.63) is 64.1 Å². The van der Waals surface area contributed by atoms with Gasteiger partial charge in [-0.15, -0.1) is 0 Å². The highest BCUT2D eigenvalue weighted by Gasteiger charge is 2.10. The smallest absolute Gasteiger partial charge is 0.115 e. The molecule has 1 atom stereocenters. The number of halogens is 1. The number of phenols is 1. The van der Waals surface area contributed by atoms with Crippen LogP contribution in [0, 0.1) is 0 Å². The molecule has 0 aliphatic heterocycles. The van der Waals surface area contributed by atoms with E-state index in [0.29, 0.717) is 5.75 Å². The van der Waals surface area contributed by atoms with Crippen LogP contribution >= 0.6 is 15.9 Å². The molecule has 2 aromatic rings. The molecule has 0 saturated heterocycles. The average Bonchev–Trinajstić information content (AvgIpc) is 2.37. The predicted molar refractivity (Wildman–Crippen MR) is 77.8 cm³/mol. The molecule has 2 nitrogen and oxygen atoms in total. The van der Waals surface area contributed by atoms with Gasteiger partial charge in [0.1, 0.15) is 5.75 Å². The highest BCUT2D eigenvalue weighted by molar-refractivity contribution is 9.10. The maximum Gasteiger partial charge on any atom is 0.115 e. The lowest BCUT2D eigenvalue weighted by molar-refractivity contribution is 0.473. The zero-order valence-corrected chi connectivity index (χ0v) is 11.8. The number of likely N-dealkylation sites (N-methyl/N-ethyl adjacent to an activating group) is 1. The molecule has 0 fully saturated rings. The van der Waals surface area contributed by atoms with Gasteiger partial charge in [0.15, 0.2) is 0 Å². The number of hydrogen-bond donors (Lipinski definition) is 2. The summed E-state index contributed by atoms with van der Waals surface area (Å²) in [6.07, 6.45) is 0.854. The van der Waals surface area contributed by atoms with E-state index < -0.39 is 0 Å². The van der Waals surface area contributed by atoms with Gasteiger partial charge >= 0.3 is 0 Å². The first kappa shape index (κ1) is 13.1. The Labute approximate surface area is 116 Å². The molecule has 0 aromatic heterocycles. The molecule has 0 bridgehead atoms. The summed E-state index contributed by atoms with van der Waals surface area (Å²) >= 11 is 3.44. The standard InChI is InChI=1S/C15H16BrNO/c1-17-15(12-5-7-13(16)8-6-12)10-11-3-2-4-14(18)9-11/h2-9,15,17-18H,10H2,1H3. The summed E-state index contributed by atoms with van der Waals surface area (Å²) in [4.78, 5) is 0. The Morgan fingerprint density at radius 1 is 1.17 bits per heavy atom. The van der Waals surface area contributed by atoms with Gasteiger partial charge in [0.25, 0.3) is 0 Å². The second-order valence-corrected chi connectivity index (χ2v) is 5.18. The molecule has 3 heteroatoms. The van der Waals surface area contributed by atoms with Crippen LogP contribution in [-0.4, -0.2) is 12.2 Å². The van der Waals surface area contributed by atoms with Crippen LogP contribution in [0.3, 0.4) is 0 Å². The third-order valence-corrected chi connectivity index (χ3v) is 3.50. The molecule has 18 heavy (non-hydrogen) atoms. The van der Waals surface area contributed by atoms with Crippen LogP contribution in [0.1, 0.15) is 17.2 Å². The fourth-order valence-electron chi connectivity index (χ4n) is 2.00. The zero-order valence-electron chi connectivity index (χ0n) is 10.2. The number of benzene rings is 2. The summed E-state index contributed by atoms with van der Waals surface area (Å²) in [7, 11) is 1.95. The number of rotatable bonds is 4. The Kier molecular flexibility index (Phi) is 4.39. The monoisotopic (exact) mass is 305 g/mol. The molecule has 1 unspecified atom stereocenters. The minimum absolute atomic E-state index is 0.250. The van der Waals surface area contributed by atoms with E-state index >= 15 is 0 Å². The van der Waals surface area contributed by atoms with E-state index in [2.05, 4.69) is 33.4 Å². The number of hydrogen-bond acceptors (Lipinski definition) is 2. The Bertz CT molecular complexity index is 510. The van der Waals surface area contributed by atoms with Crippen molar-refractivity contribution in [3.63, 3.8) is 0 Å². The Balaban J connectivity index is 2.17. The topological polar surface area (TPSA) is 32.3 Å². The van der Waals surface area contributed by atoms with Crippen LogP contribution in [0.25, 0.3) is 0 Å². The van der Waals surface area contributed by atoms with Crippen LogP contribution in [0.15, 0.2) is 53.0 Å². The van der Waals surface area contributed by atoms with Gasteiger partial charge in [-0.2, -0.15) is 0 Å². The third kappa shape index (κ3) is 3.34. The van der Waals surface area contributed by atoms with Gasteiger partial charge in [-0.05, 0) is 48.9 Å². The Morgan fingerprint density at radius 3 is 2.50 bits per heavy atom. The lowest BCUT2D eigenvalue weighted by atomic mass is 9.99. The summed E-state index contributed by atoms with van der Waals surface area (Å²) in [6, 6.07) is 16.0. The minimum atomic E-state index is 0.250. The zero-order chi connectivity index (χ0) is 13.0. The highest BCUT2D eigenvalue weighted by Crippen LogP contribution is 2.22. The van der Waals surface area contributed by atoms with E-state index in [1.54, 1.807) is 6.07 Å². The molecular formula is C15H16BrNO. The summed E-state index contributed by atoms with van der Waals surface area (Å²) in [6.45, 7) is 0. The molecule has 0 amide bonds. The van der Waals surface area contributed by atoms with Crippen molar-refractivity contribution in [1.82, 2.24) is 5.32 Å². The lowest BCUT2D eigenvalue weighted by Crippen LogP contribution is -2.18. The van der Waals surface area contributed by atoms with E-state index in [4.69, 9.17) is 0 Å². The predicted octanol–water partition coefficient (Wildman–Crippen LogP) is 3.66. The second kappa shape index (κ2) is 6.03. The highest BCUT2D eigenvalue weighted by atomic mass is 79.9. The van der Waals surface area contributed by atoms with Gasteiger partial charge in [-0.1, -0.05) is 40.2 Å².